The molecule has 0 saturated heterocycles. The van der Waals surface area contributed by atoms with E-state index in [0.717, 1.165) is 31.4 Å². The van der Waals surface area contributed by atoms with Gasteiger partial charge in [0.2, 0.25) is 0 Å². The molecule has 0 aromatic heterocycles. The topological polar surface area (TPSA) is 29.5 Å². The maximum absolute atomic E-state index is 9.67. The fourth-order valence-electron chi connectivity index (χ4n) is 2.78. The molecule has 104 valence electrons. The minimum absolute atomic E-state index is 0.154. The maximum Gasteiger partial charge on any atom is 0.119 e. The van der Waals surface area contributed by atoms with Gasteiger partial charge >= 0.3 is 0 Å². The quantitative estimate of drug-likeness (QED) is 0.910. The average molecular weight is 268 g/mol. The Morgan fingerprint density at radius 2 is 1.55 bits per heavy atom. The zero-order valence-electron chi connectivity index (χ0n) is 11.5. The van der Waals surface area contributed by atoms with Crippen LogP contribution in [0.4, 0.5) is 0 Å². The van der Waals surface area contributed by atoms with Gasteiger partial charge in [-0.1, -0.05) is 42.5 Å². The van der Waals surface area contributed by atoms with Gasteiger partial charge in [0.1, 0.15) is 11.9 Å². The van der Waals surface area contributed by atoms with Gasteiger partial charge in [-0.15, -0.1) is 0 Å². The van der Waals surface area contributed by atoms with Crippen molar-refractivity contribution in [3.63, 3.8) is 0 Å². The van der Waals surface area contributed by atoms with Gasteiger partial charge in [0.05, 0.1) is 6.10 Å². The summed E-state index contributed by atoms with van der Waals surface area (Å²) < 4.78 is 5.96. The predicted octanol–water partition coefficient (Wildman–Crippen LogP) is 4.04. The molecule has 2 heteroatoms. The van der Waals surface area contributed by atoms with E-state index in [9.17, 15) is 5.11 Å². The van der Waals surface area contributed by atoms with Crippen LogP contribution in [0.2, 0.25) is 0 Å². The van der Waals surface area contributed by atoms with Crippen LogP contribution >= 0.6 is 0 Å². The zero-order chi connectivity index (χ0) is 13.8. The Balaban J connectivity index is 1.67. The zero-order valence-corrected chi connectivity index (χ0v) is 11.5. The lowest BCUT2D eigenvalue weighted by atomic mass is 9.95. The summed E-state index contributed by atoms with van der Waals surface area (Å²) in [4.78, 5) is 0. The Hall–Kier alpha value is -1.80. The van der Waals surface area contributed by atoms with E-state index in [1.54, 1.807) is 0 Å². The van der Waals surface area contributed by atoms with Crippen LogP contribution in [-0.4, -0.2) is 17.3 Å². The second kappa shape index (κ2) is 6.10. The first kappa shape index (κ1) is 13.2. The van der Waals surface area contributed by atoms with E-state index in [-0.39, 0.29) is 12.2 Å². The monoisotopic (exact) mass is 268 g/mol. The molecule has 0 spiro atoms. The van der Waals surface area contributed by atoms with Gasteiger partial charge in [-0.2, -0.15) is 0 Å². The van der Waals surface area contributed by atoms with E-state index in [1.807, 2.05) is 30.3 Å². The highest BCUT2D eigenvalue weighted by atomic mass is 16.5. The molecule has 2 aromatic carbocycles. The summed E-state index contributed by atoms with van der Waals surface area (Å²) in [5.74, 6) is 0.892. The molecule has 2 aromatic rings. The lowest BCUT2D eigenvalue weighted by Gasteiger charge is -2.26. The van der Waals surface area contributed by atoms with Crippen molar-refractivity contribution in [3.05, 3.63) is 54.6 Å². The van der Waals surface area contributed by atoms with Gasteiger partial charge in [0.15, 0.2) is 0 Å². The predicted molar refractivity (Wildman–Crippen MR) is 80.8 cm³/mol. The number of aliphatic hydroxyl groups is 1. The van der Waals surface area contributed by atoms with Crippen molar-refractivity contribution in [1.29, 1.82) is 0 Å². The maximum atomic E-state index is 9.67. The van der Waals surface area contributed by atoms with Crippen LogP contribution in [0.25, 0.3) is 11.1 Å². The average Bonchev–Trinajstić information content (AvgIpc) is 2.49. The standard InChI is InChI=1S/C18H20O2/c19-16-7-4-8-18(13-16)20-17-11-9-15(10-12-17)14-5-2-1-3-6-14/h1-3,5-6,9-12,16,18-19H,4,7-8,13H2/t16-,18+/m0/s1. The second-order valence-electron chi connectivity index (χ2n) is 5.45. The molecule has 20 heavy (non-hydrogen) atoms. The molecule has 0 radical (unpaired) electrons. The normalized spacial score (nSPS) is 22.4. The summed E-state index contributed by atoms with van der Waals surface area (Å²) in [6.45, 7) is 0. The van der Waals surface area contributed by atoms with Crippen LogP contribution < -0.4 is 4.74 Å². The summed E-state index contributed by atoms with van der Waals surface area (Å²) in [7, 11) is 0. The molecule has 2 atom stereocenters. The highest BCUT2D eigenvalue weighted by Crippen LogP contribution is 2.26. The minimum Gasteiger partial charge on any atom is -0.490 e. The van der Waals surface area contributed by atoms with E-state index < -0.39 is 0 Å². The molecular formula is C18H20O2. The minimum atomic E-state index is -0.197. The summed E-state index contributed by atoms with van der Waals surface area (Å²) >= 11 is 0. The van der Waals surface area contributed by atoms with Crippen LogP contribution in [0, 0.1) is 0 Å². The van der Waals surface area contributed by atoms with Crippen LogP contribution in [0.15, 0.2) is 54.6 Å². The third-order valence-electron chi connectivity index (χ3n) is 3.86. The van der Waals surface area contributed by atoms with Crippen LogP contribution in [-0.2, 0) is 0 Å². The Morgan fingerprint density at radius 1 is 0.850 bits per heavy atom. The number of benzene rings is 2. The molecule has 2 nitrogen and oxygen atoms in total. The Bertz CT molecular complexity index is 533. The van der Waals surface area contributed by atoms with Crippen molar-refractivity contribution in [3.8, 4) is 16.9 Å². The van der Waals surface area contributed by atoms with Crippen molar-refractivity contribution in [1.82, 2.24) is 0 Å². The first-order valence-corrected chi connectivity index (χ1v) is 7.31. The third kappa shape index (κ3) is 3.20. The smallest absolute Gasteiger partial charge is 0.119 e. The molecule has 0 heterocycles. The van der Waals surface area contributed by atoms with Gasteiger partial charge in [-0.3, -0.25) is 0 Å². The number of hydrogen-bond acceptors (Lipinski definition) is 2. The van der Waals surface area contributed by atoms with Crippen LogP contribution in [0.5, 0.6) is 5.75 Å². The molecule has 0 bridgehead atoms. The SMILES string of the molecule is O[C@H]1CCC[C@@H](Oc2ccc(-c3ccccc3)cc2)C1. The first-order valence-electron chi connectivity index (χ1n) is 7.31. The molecule has 0 unspecified atom stereocenters. The number of ether oxygens (including phenoxy) is 1. The highest BCUT2D eigenvalue weighted by Gasteiger charge is 2.21. The van der Waals surface area contributed by atoms with E-state index in [0.29, 0.717) is 0 Å². The molecule has 1 aliphatic rings. The number of hydrogen-bond donors (Lipinski definition) is 1. The number of rotatable bonds is 3. The van der Waals surface area contributed by atoms with Gasteiger partial charge in [-0.25, -0.2) is 0 Å². The van der Waals surface area contributed by atoms with Crippen molar-refractivity contribution < 1.29 is 9.84 Å². The van der Waals surface area contributed by atoms with Gasteiger partial charge in [0, 0.05) is 6.42 Å². The van der Waals surface area contributed by atoms with Gasteiger partial charge in [-0.05, 0) is 42.5 Å². The molecule has 1 aliphatic carbocycles. The summed E-state index contributed by atoms with van der Waals surface area (Å²) in [6.07, 6.45) is 3.71. The number of aliphatic hydroxyl groups excluding tert-OH is 1. The second-order valence-corrected chi connectivity index (χ2v) is 5.45. The Labute approximate surface area is 120 Å². The van der Waals surface area contributed by atoms with Gasteiger partial charge in [0.25, 0.3) is 0 Å². The van der Waals surface area contributed by atoms with Crippen molar-refractivity contribution in [2.75, 3.05) is 0 Å². The molecule has 0 aliphatic heterocycles. The van der Waals surface area contributed by atoms with Crippen LogP contribution in [0.3, 0.4) is 0 Å². The Morgan fingerprint density at radius 3 is 2.25 bits per heavy atom. The molecule has 0 amide bonds. The molecule has 1 fully saturated rings. The molecule has 1 N–H and O–H groups in total. The molecule has 1 saturated carbocycles. The first-order chi connectivity index (χ1) is 9.81. The van der Waals surface area contributed by atoms with Crippen molar-refractivity contribution in [2.45, 2.75) is 37.9 Å². The summed E-state index contributed by atoms with van der Waals surface area (Å²) in [5.41, 5.74) is 2.41. The lowest BCUT2D eigenvalue weighted by Crippen LogP contribution is -2.28. The molecular weight excluding hydrogens is 248 g/mol. The fourth-order valence-corrected chi connectivity index (χ4v) is 2.78. The lowest BCUT2D eigenvalue weighted by molar-refractivity contribution is 0.0536. The highest BCUT2D eigenvalue weighted by molar-refractivity contribution is 5.63. The largest absolute Gasteiger partial charge is 0.490 e. The van der Waals surface area contributed by atoms with Gasteiger partial charge < -0.3 is 9.84 Å². The van der Waals surface area contributed by atoms with E-state index in [1.165, 1.54) is 11.1 Å². The summed E-state index contributed by atoms with van der Waals surface area (Å²) in [6, 6.07) is 18.5. The van der Waals surface area contributed by atoms with E-state index in [4.69, 9.17) is 4.74 Å². The van der Waals surface area contributed by atoms with Crippen LogP contribution in [0.1, 0.15) is 25.7 Å². The Kier molecular flexibility index (Phi) is 4.03. The van der Waals surface area contributed by atoms with E-state index >= 15 is 0 Å². The molecule has 3 rings (SSSR count). The van der Waals surface area contributed by atoms with E-state index in [2.05, 4.69) is 24.3 Å². The van der Waals surface area contributed by atoms with Crippen molar-refractivity contribution >= 4 is 0 Å². The fraction of sp³-hybridized carbons (Fsp3) is 0.333. The van der Waals surface area contributed by atoms with Crippen molar-refractivity contribution in [2.24, 2.45) is 0 Å². The third-order valence-corrected chi connectivity index (χ3v) is 3.86. The summed E-state index contributed by atoms with van der Waals surface area (Å²) in [5, 5.41) is 9.67.